The molecule has 1 aromatic carbocycles. The average molecular weight is 400 g/mol. The van der Waals surface area contributed by atoms with Crippen LogP contribution in [0.5, 0.6) is 5.75 Å². The minimum absolute atomic E-state index is 0.121. The molecule has 0 saturated carbocycles. The van der Waals surface area contributed by atoms with E-state index in [1.54, 1.807) is 44.2 Å². The second kappa shape index (κ2) is 9.15. The topological polar surface area (TPSA) is 101 Å². The Morgan fingerprint density at radius 1 is 1.41 bits per heavy atom. The van der Waals surface area contributed by atoms with Crippen LogP contribution in [-0.2, 0) is 14.3 Å². The van der Waals surface area contributed by atoms with Gasteiger partial charge in [0.05, 0.1) is 24.3 Å². The van der Waals surface area contributed by atoms with Crippen molar-refractivity contribution in [2.24, 2.45) is 0 Å². The van der Waals surface area contributed by atoms with Crippen LogP contribution in [0, 0.1) is 11.3 Å². The summed E-state index contributed by atoms with van der Waals surface area (Å²) in [4.78, 5) is 10.3. The Morgan fingerprint density at radius 2 is 2.14 bits per heavy atom. The van der Waals surface area contributed by atoms with Gasteiger partial charge >= 0.3 is 0 Å². The lowest BCUT2D eigenvalue weighted by Crippen LogP contribution is -2.51. The van der Waals surface area contributed by atoms with Crippen LogP contribution in [0.1, 0.15) is 51.8 Å². The van der Waals surface area contributed by atoms with Crippen LogP contribution in [0.4, 0.5) is 0 Å². The van der Waals surface area contributed by atoms with Gasteiger partial charge in [0.25, 0.3) is 0 Å². The standard InChI is InChI=1S/C22H28N2O5/c1-21(2,3)28-16(14-27-10-6-9-25)13-24-19-17-11-15(12-23)7-8-18(17)29-22(4,5)20(19)26/h6-8,11,13,19-20,24,26H,10,14H2,1-5H3/t19-,20+/m1/s1. The number of nitriles is 1. The largest absolute Gasteiger partial charge is 0.489 e. The molecule has 0 aromatic heterocycles. The summed E-state index contributed by atoms with van der Waals surface area (Å²) < 4.78 is 17.3. The SMILES string of the molecule is CC(C)(C)OC(=CN[C@@H]1c2cc(C#N)ccc2OC(C)(C)[C@H]1O)COCC=C=O. The number of ether oxygens (including phenoxy) is 3. The number of nitrogens with zero attached hydrogens (tertiary/aromatic N) is 1. The van der Waals surface area contributed by atoms with Crippen molar-refractivity contribution in [1.29, 1.82) is 5.26 Å². The van der Waals surface area contributed by atoms with Gasteiger partial charge in [0.2, 0.25) is 0 Å². The van der Waals surface area contributed by atoms with E-state index in [1.165, 1.54) is 6.08 Å². The molecule has 156 valence electrons. The van der Waals surface area contributed by atoms with Crippen LogP contribution in [0.25, 0.3) is 0 Å². The molecule has 0 radical (unpaired) electrons. The summed E-state index contributed by atoms with van der Waals surface area (Å²) >= 11 is 0. The van der Waals surface area contributed by atoms with Crippen LogP contribution < -0.4 is 10.1 Å². The smallest absolute Gasteiger partial charge is 0.138 e. The number of aliphatic hydroxyl groups is 1. The fourth-order valence-electron chi connectivity index (χ4n) is 2.98. The highest BCUT2D eigenvalue weighted by Crippen LogP contribution is 2.40. The molecule has 1 aromatic rings. The highest BCUT2D eigenvalue weighted by Gasteiger charge is 2.42. The van der Waals surface area contributed by atoms with Crippen LogP contribution in [-0.4, -0.2) is 41.6 Å². The molecule has 29 heavy (non-hydrogen) atoms. The van der Waals surface area contributed by atoms with Crippen LogP contribution in [0.2, 0.25) is 0 Å². The van der Waals surface area contributed by atoms with E-state index in [4.69, 9.17) is 14.2 Å². The maximum atomic E-state index is 10.9. The Balaban J connectivity index is 2.31. The summed E-state index contributed by atoms with van der Waals surface area (Å²) in [6.45, 7) is 9.59. The second-order valence-corrected chi connectivity index (χ2v) is 8.32. The average Bonchev–Trinajstić information content (AvgIpc) is 2.63. The summed E-state index contributed by atoms with van der Waals surface area (Å²) in [5.74, 6) is 2.77. The van der Waals surface area contributed by atoms with Crippen molar-refractivity contribution < 1.29 is 24.1 Å². The molecule has 0 amide bonds. The molecule has 1 aliphatic heterocycles. The number of benzene rings is 1. The van der Waals surface area contributed by atoms with Gasteiger partial charge in [-0.1, -0.05) is 0 Å². The molecule has 2 N–H and O–H groups in total. The van der Waals surface area contributed by atoms with Gasteiger partial charge in [0.1, 0.15) is 41.4 Å². The number of carbonyl (C=O) groups excluding carboxylic acids is 1. The van der Waals surface area contributed by atoms with Crippen molar-refractivity contribution >= 4 is 5.94 Å². The lowest BCUT2D eigenvalue weighted by molar-refractivity contribution is -0.0626. The third-order valence-electron chi connectivity index (χ3n) is 4.26. The third kappa shape index (κ3) is 6.10. The molecule has 2 atom stereocenters. The van der Waals surface area contributed by atoms with Gasteiger partial charge in [0, 0.05) is 17.8 Å². The highest BCUT2D eigenvalue weighted by atomic mass is 16.5. The first-order valence-electron chi connectivity index (χ1n) is 9.39. The molecule has 0 fully saturated rings. The van der Waals surface area contributed by atoms with E-state index in [9.17, 15) is 15.2 Å². The van der Waals surface area contributed by atoms with E-state index >= 15 is 0 Å². The number of rotatable bonds is 7. The quantitative estimate of drug-likeness (QED) is 0.412. The number of hydrogen-bond acceptors (Lipinski definition) is 7. The molecule has 0 saturated heterocycles. The Morgan fingerprint density at radius 3 is 2.76 bits per heavy atom. The zero-order valence-electron chi connectivity index (χ0n) is 17.5. The van der Waals surface area contributed by atoms with E-state index in [0.717, 1.165) is 0 Å². The van der Waals surface area contributed by atoms with Gasteiger partial charge in [-0.3, -0.25) is 0 Å². The molecule has 1 heterocycles. The molecule has 1 aliphatic rings. The van der Waals surface area contributed by atoms with E-state index < -0.39 is 23.3 Å². The maximum absolute atomic E-state index is 10.9. The summed E-state index contributed by atoms with van der Waals surface area (Å²) in [5.41, 5.74) is -0.128. The van der Waals surface area contributed by atoms with Gasteiger partial charge in [-0.05, 0) is 52.8 Å². The van der Waals surface area contributed by atoms with Crippen molar-refractivity contribution in [3.05, 3.63) is 47.4 Å². The second-order valence-electron chi connectivity index (χ2n) is 8.32. The van der Waals surface area contributed by atoms with Crippen molar-refractivity contribution in [1.82, 2.24) is 5.32 Å². The van der Waals surface area contributed by atoms with E-state index in [0.29, 0.717) is 22.6 Å². The molecule has 0 aliphatic carbocycles. The summed E-state index contributed by atoms with van der Waals surface area (Å²) in [7, 11) is 0. The summed E-state index contributed by atoms with van der Waals surface area (Å²) in [6.07, 6.45) is 2.01. The van der Waals surface area contributed by atoms with Gasteiger partial charge in [-0.2, -0.15) is 5.26 Å². The van der Waals surface area contributed by atoms with E-state index in [-0.39, 0.29) is 13.2 Å². The monoisotopic (exact) mass is 400 g/mol. The van der Waals surface area contributed by atoms with Gasteiger partial charge < -0.3 is 24.6 Å². The predicted molar refractivity (Wildman–Crippen MR) is 108 cm³/mol. The Hall–Kier alpha value is -2.78. The first kappa shape index (κ1) is 22.5. The first-order valence-corrected chi connectivity index (χ1v) is 9.39. The molecular weight excluding hydrogens is 372 g/mol. The van der Waals surface area contributed by atoms with Crippen LogP contribution in [0.3, 0.4) is 0 Å². The fraction of sp³-hybridized carbons (Fsp3) is 0.500. The number of nitrogens with one attached hydrogen (secondary N) is 1. The highest BCUT2D eigenvalue weighted by molar-refractivity contribution is 5.46. The van der Waals surface area contributed by atoms with Crippen molar-refractivity contribution in [2.75, 3.05) is 13.2 Å². The zero-order chi connectivity index (χ0) is 21.7. The van der Waals surface area contributed by atoms with Crippen molar-refractivity contribution in [3.8, 4) is 11.8 Å². The molecule has 7 heteroatoms. The summed E-state index contributed by atoms with van der Waals surface area (Å²) in [6, 6.07) is 6.71. The maximum Gasteiger partial charge on any atom is 0.138 e. The van der Waals surface area contributed by atoms with Crippen LogP contribution in [0.15, 0.2) is 36.2 Å². The van der Waals surface area contributed by atoms with Gasteiger partial charge in [-0.25, -0.2) is 4.79 Å². The van der Waals surface area contributed by atoms with E-state index in [2.05, 4.69) is 11.4 Å². The number of aliphatic hydroxyl groups excluding tert-OH is 1. The molecule has 2 rings (SSSR count). The molecule has 0 unspecified atom stereocenters. The van der Waals surface area contributed by atoms with Crippen molar-refractivity contribution in [2.45, 2.75) is 58.0 Å². The lowest BCUT2D eigenvalue weighted by atomic mass is 9.86. The van der Waals surface area contributed by atoms with Gasteiger partial charge in [-0.15, -0.1) is 0 Å². The Labute approximate surface area is 171 Å². The van der Waals surface area contributed by atoms with Crippen LogP contribution >= 0.6 is 0 Å². The molecule has 0 spiro atoms. The molecule has 0 bridgehead atoms. The Kier molecular flexibility index (Phi) is 7.10. The normalized spacial score (nSPS) is 20.5. The lowest BCUT2D eigenvalue weighted by Gasteiger charge is -2.42. The predicted octanol–water partition coefficient (Wildman–Crippen LogP) is 2.78. The number of fused-ring (bicyclic) bond motifs is 1. The van der Waals surface area contributed by atoms with Crippen molar-refractivity contribution in [3.63, 3.8) is 0 Å². The third-order valence-corrected chi connectivity index (χ3v) is 4.26. The van der Waals surface area contributed by atoms with Gasteiger partial charge in [0.15, 0.2) is 0 Å². The zero-order valence-corrected chi connectivity index (χ0v) is 17.5. The Bertz CT molecular complexity index is 842. The first-order chi connectivity index (χ1) is 13.6. The minimum Gasteiger partial charge on any atom is -0.489 e. The summed E-state index contributed by atoms with van der Waals surface area (Å²) in [5, 5.41) is 23.3. The molecular formula is C22H28N2O5. The van der Waals surface area contributed by atoms with E-state index in [1.807, 2.05) is 20.8 Å². The molecule has 7 nitrogen and oxygen atoms in total. The minimum atomic E-state index is -0.880. The fourth-order valence-corrected chi connectivity index (χ4v) is 2.98. The number of hydrogen-bond donors (Lipinski definition) is 2.